The number of benzene rings is 2. The van der Waals surface area contributed by atoms with E-state index in [0.29, 0.717) is 17.3 Å². The van der Waals surface area contributed by atoms with E-state index in [2.05, 4.69) is 19.6 Å². The molecule has 0 aliphatic heterocycles. The Hall–Kier alpha value is -2.38. The number of hydrogen-bond donors (Lipinski definition) is 3. The molecule has 1 aromatic heterocycles. The van der Waals surface area contributed by atoms with Crippen LogP contribution in [0.3, 0.4) is 0 Å². The van der Waals surface area contributed by atoms with Crippen molar-refractivity contribution >= 4 is 32.5 Å². The second-order valence-corrected chi connectivity index (χ2v) is 9.55. The number of anilines is 1. The first-order valence-electron chi connectivity index (χ1n) is 8.32. The summed E-state index contributed by atoms with van der Waals surface area (Å²) in [6, 6.07) is 11.9. The van der Waals surface area contributed by atoms with E-state index in [4.69, 9.17) is 0 Å². The zero-order valence-electron chi connectivity index (χ0n) is 15.2. The molecule has 0 aliphatic carbocycles. The molecule has 0 spiro atoms. The Kier molecular flexibility index (Phi) is 5.02. The van der Waals surface area contributed by atoms with Crippen molar-refractivity contribution in [2.24, 2.45) is 4.36 Å². The molecule has 0 aliphatic rings. The van der Waals surface area contributed by atoms with E-state index in [9.17, 15) is 8.94 Å². The van der Waals surface area contributed by atoms with Crippen LogP contribution in [0, 0.1) is 12.7 Å². The predicted molar refractivity (Wildman–Crippen MR) is 108 cm³/mol. The largest absolute Gasteiger partial charge is 0.363 e. The van der Waals surface area contributed by atoms with Gasteiger partial charge in [-0.2, -0.15) is 0 Å². The lowest BCUT2D eigenvalue weighted by Crippen LogP contribution is -2.09. The van der Waals surface area contributed by atoms with Crippen LogP contribution in [-0.2, 0) is 10.1 Å². The van der Waals surface area contributed by atoms with Crippen molar-refractivity contribution in [3.05, 3.63) is 59.7 Å². The molecule has 0 fully saturated rings. The average Bonchev–Trinajstić information content (AvgIpc) is 2.54. The van der Waals surface area contributed by atoms with Gasteiger partial charge in [0.1, 0.15) is 17.5 Å². The maximum absolute atomic E-state index is 13.1. The van der Waals surface area contributed by atoms with Crippen LogP contribution in [0.5, 0.6) is 0 Å². The van der Waals surface area contributed by atoms with Crippen LogP contribution >= 0.6 is 0 Å². The van der Waals surface area contributed by atoms with Gasteiger partial charge in [0.2, 0.25) is 0 Å². The summed E-state index contributed by atoms with van der Waals surface area (Å²) in [5.74, 6) is 1.09. The average molecular weight is 374 g/mol. The molecule has 26 heavy (non-hydrogen) atoms. The van der Waals surface area contributed by atoms with Gasteiger partial charge in [-0.05, 0) is 62.3 Å². The number of thiol groups is 1. The van der Waals surface area contributed by atoms with E-state index in [-0.39, 0.29) is 11.9 Å². The highest BCUT2D eigenvalue weighted by molar-refractivity contribution is 7.98. The molecule has 7 heteroatoms. The maximum Gasteiger partial charge on any atom is 0.138 e. The normalized spacial score (nSPS) is 13.5. The first-order chi connectivity index (χ1) is 12.2. The van der Waals surface area contributed by atoms with Crippen LogP contribution in [0.1, 0.15) is 24.4 Å². The third kappa shape index (κ3) is 4.42. The van der Waals surface area contributed by atoms with Gasteiger partial charge in [-0.1, -0.05) is 12.1 Å². The second-order valence-electron chi connectivity index (χ2n) is 6.68. The molecule has 5 nitrogen and oxygen atoms in total. The van der Waals surface area contributed by atoms with Gasteiger partial charge < -0.3 is 9.87 Å². The lowest BCUT2D eigenvalue weighted by atomic mass is 10.1. The topological polar surface area (TPSA) is 70.4 Å². The third-order valence-corrected chi connectivity index (χ3v) is 4.59. The standard InChI is InChI=1S/C19H23FN4OS/c1-12(14-5-7-15(20)8-6-14)21-19-17-11-16(24-26(3,4)25)9-10-18(17)22-13(2)23-19/h5-12,26H,1-4H3,(H,24,25)(H,21,22,23)/t12-/m1/s1. The first kappa shape index (κ1) is 18.4. The maximum atomic E-state index is 13.1. The SMILES string of the molecule is Cc1nc(N[C@H](C)c2ccc(F)cc2)c2cc(N=[SH](C)(C)O)ccc2n1. The summed E-state index contributed by atoms with van der Waals surface area (Å²) in [5.41, 5.74) is 2.46. The van der Waals surface area contributed by atoms with Gasteiger partial charge in [-0.25, -0.2) is 18.7 Å². The molecule has 0 saturated heterocycles. The van der Waals surface area contributed by atoms with E-state index in [1.807, 2.05) is 32.0 Å². The fourth-order valence-electron chi connectivity index (χ4n) is 2.73. The molecule has 0 unspecified atom stereocenters. The Labute approximate surface area is 153 Å². The van der Waals surface area contributed by atoms with Gasteiger partial charge in [0.05, 0.1) is 11.2 Å². The second kappa shape index (κ2) is 7.09. The van der Waals surface area contributed by atoms with Crippen molar-refractivity contribution in [3.63, 3.8) is 0 Å². The number of fused-ring (bicyclic) bond motifs is 1. The molecular weight excluding hydrogens is 351 g/mol. The Bertz CT molecular complexity index is 990. The minimum absolute atomic E-state index is 0.0597. The van der Waals surface area contributed by atoms with Gasteiger partial charge in [-0.15, -0.1) is 10.1 Å². The van der Waals surface area contributed by atoms with Crippen molar-refractivity contribution in [2.45, 2.75) is 19.9 Å². The quantitative estimate of drug-likeness (QED) is 0.580. The molecule has 3 aromatic rings. The third-order valence-electron chi connectivity index (χ3n) is 3.87. The molecule has 2 N–H and O–H groups in total. The van der Waals surface area contributed by atoms with Gasteiger partial charge in [0.15, 0.2) is 0 Å². The minimum atomic E-state index is -2.29. The summed E-state index contributed by atoms with van der Waals surface area (Å²) in [4.78, 5) is 9.00. The van der Waals surface area contributed by atoms with Gasteiger partial charge in [0.25, 0.3) is 0 Å². The summed E-state index contributed by atoms with van der Waals surface area (Å²) < 4.78 is 27.6. The van der Waals surface area contributed by atoms with Crippen molar-refractivity contribution in [3.8, 4) is 0 Å². The van der Waals surface area contributed by atoms with Crippen LogP contribution < -0.4 is 5.32 Å². The smallest absolute Gasteiger partial charge is 0.138 e. The van der Waals surface area contributed by atoms with Crippen molar-refractivity contribution in [1.29, 1.82) is 0 Å². The summed E-state index contributed by atoms with van der Waals surface area (Å²) in [6.45, 7) is 3.83. The Balaban J connectivity index is 2.03. The lowest BCUT2D eigenvalue weighted by molar-refractivity contribution is 0.626. The number of nitrogens with one attached hydrogen (secondary N) is 1. The van der Waals surface area contributed by atoms with Crippen LogP contribution in [0.2, 0.25) is 0 Å². The van der Waals surface area contributed by atoms with Gasteiger partial charge in [0, 0.05) is 11.4 Å². The molecule has 1 atom stereocenters. The molecular formula is C19H23FN4OS. The number of nitrogens with zero attached hydrogens (tertiary/aromatic N) is 3. The highest BCUT2D eigenvalue weighted by Crippen LogP contribution is 2.29. The van der Waals surface area contributed by atoms with Crippen LogP contribution in [0.15, 0.2) is 46.8 Å². The Morgan fingerprint density at radius 2 is 1.81 bits per heavy atom. The summed E-state index contributed by atoms with van der Waals surface area (Å²) in [5, 5.41) is 4.22. The highest BCUT2D eigenvalue weighted by Gasteiger charge is 2.12. The first-order valence-corrected chi connectivity index (χ1v) is 10.9. The molecule has 1 heterocycles. The van der Waals surface area contributed by atoms with Gasteiger partial charge >= 0.3 is 0 Å². The fraction of sp³-hybridized carbons (Fsp3) is 0.263. The molecule has 0 amide bonds. The molecule has 138 valence electrons. The van der Waals surface area contributed by atoms with Gasteiger partial charge in [-0.3, -0.25) is 0 Å². The van der Waals surface area contributed by atoms with Crippen molar-refractivity contribution in [2.75, 3.05) is 17.8 Å². The zero-order valence-corrected chi connectivity index (χ0v) is 16.1. The number of halogens is 1. The molecule has 0 bridgehead atoms. The van der Waals surface area contributed by atoms with Crippen LogP contribution in [-0.4, -0.2) is 27.0 Å². The summed E-state index contributed by atoms with van der Waals surface area (Å²) in [7, 11) is -2.29. The number of rotatable bonds is 4. The highest BCUT2D eigenvalue weighted by atomic mass is 32.3. The zero-order chi connectivity index (χ0) is 18.9. The van der Waals surface area contributed by atoms with Crippen molar-refractivity contribution in [1.82, 2.24) is 9.97 Å². The number of hydrogen-bond acceptors (Lipinski definition) is 4. The molecule has 0 radical (unpaired) electrons. The monoisotopic (exact) mass is 374 g/mol. The molecule has 3 rings (SSSR count). The Morgan fingerprint density at radius 1 is 1.12 bits per heavy atom. The fourth-order valence-corrected chi connectivity index (χ4v) is 3.42. The van der Waals surface area contributed by atoms with Crippen molar-refractivity contribution < 1.29 is 8.94 Å². The minimum Gasteiger partial charge on any atom is -0.363 e. The van der Waals surface area contributed by atoms with E-state index < -0.39 is 10.1 Å². The number of aromatic nitrogens is 2. The van der Waals surface area contributed by atoms with Crippen LogP contribution in [0.25, 0.3) is 10.9 Å². The van der Waals surface area contributed by atoms with Crippen LogP contribution in [0.4, 0.5) is 15.9 Å². The van der Waals surface area contributed by atoms with E-state index in [0.717, 1.165) is 16.5 Å². The van der Waals surface area contributed by atoms with E-state index in [1.54, 1.807) is 24.6 Å². The summed E-state index contributed by atoms with van der Waals surface area (Å²) in [6.07, 6.45) is 3.47. The molecule has 2 aromatic carbocycles. The molecule has 0 saturated carbocycles. The lowest BCUT2D eigenvalue weighted by Gasteiger charge is -2.17. The van der Waals surface area contributed by atoms with E-state index in [1.165, 1.54) is 12.1 Å². The predicted octanol–water partition coefficient (Wildman–Crippen LogP) is 4.68. The number of aryl methyl sites for hydroxylation is 1. The summed E-state index contributed by atoms with van der Waals surface area (Å²) >= 11 is 0. The van der Waals surface area contributed by atoms with E-state index >= 15 is 0 Å². The Morgan fingerprint density at radius 3 is 2.46 bits per heavy atom.